The van der Waals surface area contributed by atoms with Crippen molar-refractivity contribution in [3.63, 3.8) is 0 Å². The van der Waals surface area contributed by atoms with Crippen molar-refractivity contribution < 1.29 is 17.9 Å². The molecule has 0 saturated carbocycles. The maximum atomic E-state index is 12.6. The Morgan fingerprint density at radius 1 is 1.20 bits per heavy atom. The van der Waals surface area contributed by atoms with Gasteiger partial charge in [0.05, 0.1) is 17.2 Å². The van der Waals surface area contributed by atoms with Crippen molar-refractivity contribution in [1.82, 2.24) is 0 Å². The van der Waals surface area contributed by atoms with E-state index in [9.17, 15) is 13.2 Å². The number of anilines is 2. The first kappa shape index (κ1) is 19.1. The summed E-state index contributed by atoms with van der Waals surface area (Å²) in [6.45, 7) is 3.56. The van der Waals surface area contributed by atoms with Gasteiger partial charge in [0.15, 0.2) is 0 Å². The van der Waals surface area contributed by atoms with Crippen LogP contribution in [0.3, 0.4) is 0 Å². The highest BCUT2D eigenvalue weighted by Crippen LogP contribution is 2.29. The number of ether oxygens (including phenoxy) is 1. The van der Waals surface area contributed by atoms with Gasteiger partial charge in [0.1, 0.15) is 5.75 Å². The third-order valence-electron chi connectivity index (χ3n) is 3.19. The van der Waals surface area contributed by atoms with E-state index in [1.165, 1.54) is 36.9 Å². The van der Waals surface area contributed by atoms with Crippen molar-refractivity contribution in [3.8, 4) is 5.75 Å². The lowest BCUT2D eigenvalue weighted by atomic mass is 10.3. The summed E-state index contributed by atoms with van der Waals surface area (Å²) in [5.74, 6) is 0.108. The number of hydrogen-bond donors (Lipinski definition) is 2. The molecule has 0 aliphatic heterocycles. The van der Waals surface area contributed by atoms with Crippen molar-refractivity contribution in [1.29, 1.82) is 0 Å². The molecule has 2 aromatic carbocycles. The van der Waals surface area contributed by atoms with E-state index in [0.717, 1.165) is 4.90 Å². The Morgan fingerprint density at radius 3 is 2.60 bits per heavy atom. The molecule has 25 heavy (non-hydrogen) atoms. The number of carbonyl (C=O) groups is 1. The number of hydrogen-bond acceptors (Lipinski definition) is 5. The van der Waals surface area contributed by atoms with Gasteiger partial charge in [-0.15, -0.1) is 11.8 Å². The van der Waals surface area contributed by atoms with Crippen LogP contribution in [0.4, 0.5) is 11.4 Å². The minimum atomic E-state index is -3.79. The first-order valence-corrected chi connectivity index (χ1v) is 10.3. The van der Waals surface area contributed by atoms with Gasteiger partial charge in [0.25, 0.3) is 10.0 Å². The van der Waals surface area contributed by atoms with Crippen LogP contribution in [-0.2, 0) is 14.8 Å². The molecule has 0 aliphatic carbocycles. The molecule has 0 aliphatic rings. The third kappa shape index (κ3) is 5.14. The van der Waals surface area contributed by atoms with Gasteiger partial charge in [-0.3, -0.25) is 9.52 Å². The molecule has 0 spiro atoms. The molecular weight excluding hydrogens is 360 g/mol. The van der Waals surface area contributed by atoms with Crippen LogP contribution in [0.25, 0.3) is 0 Å². The van der Waals surface area contributed by atoms with Crippen molar-refractivity contribution in [2.75, 3.05) is 22.9 Å². The van der Waals surface area contributed by atoms with Crippen LogP contribution >= 0.6 is 11.8 Å². The topological polar surface area (TPSA) is 84.5 Å². The predicted molar refractivity (Wildman–Crippen MR) is 101 cm³/mol. The van der Waals surface area contributed by atoms with Crippen LogP contribution in [0.5, 0.6) is 5.75 Å². The third-order valence-corrected chi connectivity index (χ3v) is 5.30. The summed E-state index contributed by atoms with van der Waals surface area (Å²) in [7, 11) is -3.79. The summed E-state index contributed by atoms with van der Waals surface area (Å²) in [5, 5.41) is 2.59. The van der Waals surface area contributed by atoms with Crippen LogP contribution in [0, 0.1) is 0 Å². The number of thioether (sulfide) groups is 1. The average Bonchev–Trinajstić information content (AvgIpc) is 2.56. The summed E-state index contributed by atoms with van der Waals surface area (Å²) in [6, 6.07) is 11.5. The zero-order valence-electron chi connectivity index (χ0n) is 14.2. The fraction of sp³-hybridized carbons (Fsp3) is 0.235. The second-order valence-electron chi connectivity index (χ2n) is 5.11. The Kier molecular flexibility index (Phi) is 6.33. The largest absolute Gasteiger partial charge is 0.492 e. The maximum Gasteiger partial charge on any atom is 0.261 e. The molecular formula is C17H20N2O4S2. The number of sulfonamides is 1. The van der Waals surface area contributed by atoms with Gasteiger partial charge in [-0.05, 0) is 49.6 Å². The normalized spacial score (nSPS) is 11.0. The van der Waals surface area contributed by atoms with Gasteiger partial charge in [-0.1, -0.05) is 6.07 Å². The first-order chi connectivity index (χ1) is 11.9. The lowest BCUT2D eigenvalue weighted by Gasteiger charge is -2.14. The lowest BCUT2D eigenvalue weighted by molar-refractivity contribution is -0.114. The van der Waals surface area contributed by atoms with Crippen molar-refractivity contribution in [2.45, 2.75) is 23.6 Å². The van der Waals surface area contributed by atoms with E-state index in [0.29, 0.717) is 23.7 Å². The summed E-state index contributed by atoms with van der Waals surface area (Å²) in [4.78, 5) is 12.3. The number of carbonyl (C=O) groups excluding carboxylic acids is 1. The van der Waals surface area contributed by atoms with Crippen LogP contribution in [0.15, 0.2) is 52.3 Å². The molecule has 134 valence electrons. The number of amides is 1. The highest BCUT2D eigenvalue weighted by Gasteiger charge is 2.17. The Balaban J connectivity index is 2.36. The molecule has 0 unspecified atom stereocenters. The van der Waals surface area contributed by atoms with E-state index in [1.807, 2.05) is 19.2 Å². The summed E-state index contributed by atoms with van der Waals surface area (Å²) >= 11 is 1.52. The summed E-state index contributed by atoms with van der Waals surface area (Å²) in [6.07, 6.45) is 1.92. The van der Waals surface area contributed by atoms with E-state index >= 15 is 0 Å². The quantitative estimate of drug-likeness (QED) is 0.718. The Labute approximate surface area is 152 Å². The fourth-order valence-corrected chi connectivity index (χ4v) is 3.68. The van der Waals surface area contributed by atoms with Crippen molar-refractivity contribution in [2.24, 2.45) is 0 Å². The molecule has 2 aromatic rings. The number of rotatable bonds is 7. The van der Waals surface area contributed by atoms with Crippen LogP contribution < -0.4 is 14.8 Å². The van der Waals surface area contributed by atoms with Crippen molar-refractivity contribution in [3.05, 3.63) is 42.5 Å². The molecule has 2 rings (SSSR count). The van der Waals surface area contributed by atoms with E-state index in [4.69, 9.17) is 4.74 Å². The van der Waals surface area contributed by atoms with Gasteiger partial charge in [0, 0.05) is 17.5 Å². The second kappa shape index (κ2) is 8.26. The predicted octanol–water partition coefficient (Wildman–Crippen LogP) is 3.57. The number of nitrogens with one attached hydrogen (secondary N) is 2. The smallest absolute Gasteiger partial charge is 0.261 e. The zero-order valence-corrected chi connectivity index (χ0v) is 15.8. The molecule has 0 heterocycles. The van der Waals surface area contributed by atoms with Gasteiger partial charge in [-0.2, -0.15) is 0 Å². The highest BCUT2D eigenvalue weighted by atomic mass is 32.2. The van der Waals surface area contributed by atoms with Crippen LogP contribution in [-0.4, -0.2) is 27.2 Å². The first-order valence-electron chi connectivity index (χ1n) is 7.57. The molecule has 8 heteroatoms. The number of benzene rings is 2. The van der Waals surface area contributed by atoms with Gasteiger partial charge >= 0.3 is 0 Å². The molecule has 0 atom stereocenters. The Morgan fingerprint density at radius 2 is 1.96 bits per heavy atom. The maximum absolute atomic E-state index is 12.6. The van der Waals surface area contributed by atoms with E-state index in [1.54, 1.807) is 18.2 Å². The molecule has 0 saturated heterocycles. The Hall–Kier alpha value is -2.19. The zero-order chi connectivity index (χ0) is 18.4. The second-order valence-corrected chi connectivity index (χ2v) is 7.67. The van der Waals surface area contributed by atoms with E-state index < -0.39 is 10.0 Å². The van der Waals surface area contributed by atoms with Crippen LogP contribution in [0.1, 0.15) is 13.8 Å². The fourth-order valence-electron chi connectivity index (χ4n) is 2.15. The molecule has 0 fully saturated rings. The van der Waals surface area contributed by atoms with Gasteiger partial charge < -0.3 is 10.1 Å². The lowest BCUT2D eigenvalue weighted by Crippen LogP contribution is -2.14. The monoisotopic (exact) mass is 380 g/mol. The minimum absolute atomic E-state index is 0.0363. The molecule has 1 amide bonds. The summed E-state index contributed by atoms with van der Waals surface area (Å²) in [5.41, 5.74) is 0.789. The standard InChI is InChI=1S/C17H20N2O4S2/c1-4-23-17-9-8-15(11-16(17)18-12(2)20)25(21,22)19-13-6-5-7-14(10-13)24-3/h5-11,19H,4H2,1-3H3,(H,18,20). The highest BCUT2D eigenvalue weighted by molar-refractivity contribution is 7.98. The van der Waals surface area contributed by atoms with Crippen molar-refractivity contribution >= 4 is 39.1 Å². The van der Waals surface area contributed by atoms with E-state index in [2.05, 4.69) is 10.0 Å². The average molecular weight is 380 g/mol. The molecule has 0 bridgehead atoms. The van der Waals surface area contributed by atoms with Crippen LogP contribution in [0.2, 0.25) is 0 Å². The van der Waals surface area contributed by atoms with Gasteiger partial charge in [-0.25, -0.2) is 8.42 Å². The summed E-state index contributed by atoms with van der Waals surface area (Å²) < 4.78 is 33.2. The van der Waals surface area contributed by atoms with E-state index in [-0.39, 0.29) is 10.8 Å². The molecule has 6 nitrogen and oxygen atoms in total. The Bertz CT molecular complexity index is 867. The van der Waals surface area contributed by atoms with Gasteiger partial charge in [0.2, 0.25) is 5.91 Å². The molecule has 0 radical (unpaired) electrons. The minimum Gasteiger partial charge on any atom is -0.492 e. The molecule has 2 N–H and O–H groups in total. The SMILES string of the molecule is CCOc1ccc(S(=O)(=O)Nc2cccc(SC)c2)cc1NC(C)=O. The molecule has 0 aromatic heterocycles.